The third-order valence-corrected chi connectivity index (χ3v) is 2.81. The Kier molecular flexibility index (Phi) is 3.90. The van der Waals surface area contributed by atoms with Crippen LogP contribution in [-0.2, 0) is 11.3 Å². The van der Waals surface area contributed by atoms with Gasteiger partial charge in [-0.15, -0.1) is 0 Å². The fourth-order valence-corrected chi connectivity index (χ4v) is 1.68. The van der Waals surface area contributed by atoms with Gasteiger partial charge in [0.1, 0.15) is 6.54 Å². The maximum Gasteiger partial charge on any atom is 0.255 e. The Labute approximate surface area is 119 Å². The lowest BCUT2D eigenvalue weighted by Gasteiger charge is -2.04. The molecule has 2 aromatic rings. The fourth-order valence-electron chi connectivity index (χ4n) is 1.56. The second-order valence-corrected chi connectivity index (χ2v) is 4.49. The smallest absolute Gasteiger partial charge is 0.255 e. The first-order valence-electron chi connectivity index (χ1n) is 5.63. The highest BCUT2D eigenvalue weighted by Gasteiger charge is 2.09. The Morgan fingerprint density at radius 2 is 2.15 bits per heavy atom. The van der Waals surface area contributed by atoms with Crippen molar-refractivity contribution in [2.45, 2.75) is 6.54 Å². The van der Waals surface area contributed by atoms with E-state index in [0.717, 1.165) is 0 Å². The summed E-state index contributed by atoms with van der Waals surface area (Å²) < 4.78 is 1.33. The Balaban J connectivity index is 2.09. The van der Waals surface area contributed by atoms with Gasteiger partial charge in [-0.05, 0) is 18.2 Å². The van der Waals surface area contributed by atoms with Crippen molar-refractivity contribution >= 4 is 34.8 Å². The van der Waals surface area contributed by atoms with E-state index in [2.05, 4.69) is 10.4 Å². The minimum Gasteiger partial charge on any atom is -0.398 e. The van der Waals surface area contributed by atoms with Gasteiger partial charge in [-0.25, -0.2) is 0 Å². The van der Waals surface area contributed by atoms with Crippen LogP contribution in [0.1, 0.15) is 10.4 Å². The number of nitrogens with one attached hydrogen (secondary N) is 1. The molecule has 0 saturated carbocycles. The highest BCUT2D eigenvalue weighted by atomic mass is 35.5. The molecule has 0 bridgehead atoms. The molecule has 0 radical (unpaired) electrons. The number of benzene rings is 1. The number of hydrogen-bond donors (Lipinski definition) is 3. The fraction of sp³-hybridized carbons (Fsp3) is 0.0833. The summed E-state index contributed by atoms with van der Waals surface area (Å²) in [6.45, 7) is -0.0518. The van der Waals surface area contributed by atoms with Gasteiger partial charge in [-0.1, -0.05) is 11.6 Å². The van der Waals surface area contributed by atoms with Crippen molar-refractivity contribution in [3.8, 4) is 0 Å². The van der Waals surface area contributed by atoms with Crippen molar-refractivity contribution in [1.82, 2.24) is 9.78 Å². The van der Waals surface area contributed by atoms with Crippen LogP contribution in [0.5, 0.6) is 0 Å². The van der Waals surface area contributed by atoms with E-state index in [-0.39, 0.29) is 12.5 Å². The van der Waals surface area contributed by atoms with Crippen molar-refractivity contribution in [2.75, 3.05) is 11.1 Å². The maximum absolute atomic E-state index is 12.0. The molecule has 2 amide bonds. The number of nitrogens with zero attached hydrogens (tertiary/aromatic N) is 2. The summed E-state index contributed by atoms with van der Waals surface area (Å²) in [5, 5.41) is 6.90. The summed E-state index contributed by atoms with van der Waals surface area (Å²) >= 11 is 5.78. The molecular weight excluding hydrogens is 282 g/mol. The topological polar surface area (TPSA) is 116 Å². The van der Waals surface area contributed by atoms with Crippen LogP contribution < -0.4 is 16.8 Å². The molecule has 1 aromatic heterocycles. The molecule has 0 aliphatic carbocycles. The standard InChI is InChI=1S/C12H12ClN5O2/c13-9-2-1-7(3-10(9)14)12(20)17-8-4-16-18(5-8)6-11(15)19/h1-5H,6,14H2,(H2,15,19)(H,17,20). The van der Waals surface area contributed by atoms with Crippen molar-refractivity contribution in [3.05, 3.63) is 41.2 Å². The van der Waals surface area contributed by atoms with Crippen molar-refractivity contribution in [1.29, 1.82) is 0 Å². The van der Waals surface area contributed by atoms with E-state index in [1.807, 2.05) is 0 Å². The van der Waals surface area contributed by atoms with Crippen LogP contribution in [-0.4, -0.2) is 21.6 Å². The van der Waals surface area contributed by atoms with Gasteiger partial charge in [0.05, 0.1) is 22.6 Å². The lowest BCUT2D eigenvalue weighted by atomic mass is 10.2. The van der Waals surface area contributed by atoms with Crippen molar-refractivity contribution < 1.29 is 9.59 Å². The molecule has 0 fully saturated rings. The first kappa shape index (κ1) is 13.9. The quantitative estimate of drug-likeness (QED) is 0.725. The van der Waals surface area contributed by atoms with E-state index in [4.69, 9.17) is 23.1 Å². The van der Waals surface area contributed by atoms with Gasteiger partial charge < -0.3 is 16.8 Å². The molecule has 7 nitrogen and oxygen atoms in total. The molecule has 0 atom stereocenters. The molecule has 20 heavy (non-hydrogen) atoms. The monoisotopic (exact) mass is 293 g/mol. The Hall–Kier alpha value is -2.54. The number of rotatable bonds is 4. The zero-order chi connectivity index (χ0) is 14.7. The SMILES string of the molecule is NC(=O)Cn1cc(NC(=O)c2ccc(Cl)c(N)c2)cn1. The number of carbonyl (C=O) groups is 2. The van der Waals surface area contributed by atoms with Crippen LogP contribution in [0.2, 0.25) is 5.02 Å². The van der Waals surface area contributed by atoms with E-state index in [1.165, 1.54) is 23.1 Å². The molecule has 2 rings (SSSR count). The van der Waals surface area contributed by atoms with Crippen LogP contribution in [0.15, 0.2) is 30.6 Å². The minimum atomic E-state index is -0.517. The second kappa shape index (κ2) is 5.62. The van der Waals surface area contributed by atoms with Crippen LogP contribution >= 0.6 is 11.6 Å². The summed E-state index contributed by atoms with van der Waals surface area (Å²) in [5.41, 5.74) is 11.8. The zero-order valence-electron chi connectivity index (χ0n) is 10.3. The molecule has 1 heterocycles. The highest BCUT2D eigenvalue weighted by Crippen LogP contribution is 2.20. The van der Waals surface area contributed by atoms with E-state index < -0.39 is 5.91 Å². The van der Waals surface area contributed by atoms with Gasteiger partial charge in [0.25, 0.3) is 5.91 Å². The summed E-state index contributed by atoms with van der Waals surface area (Å²) in [4.78, 5) is 22.7. The van der Waals surface area contributed by atoms with E-state index in [1.54, 1.807) is 12.1 Å². The molecule has 0 aliphatic heterocycles. The zero-order valence-corrected chi connectivity index (χ0v) is 11.1. The number of hydrogen-bond acceptors (Lipinski definition) is 4. The summed E-state index contributed by atoms with van der Waals surface area (Å²) in [5.74, 6) is -0.872. The molecular formula is C12H12ClN5O2. The summed E-state index contributed by atoms with van der Waals surface area (Å²) in [6.07, 6.45) is 2.92. The molecule has 0 aliphatic rings. The highest BCUT2D eigenvalue weighted by molar-refractivity contribution is 6.33. The van der Waals surface area contributed by atoms with Gasteiger partial charge >= 0.3 is 0 Å². The molecule has 0 unspecified atom stereocenters. The molecule has 104 valence electrons. The largest absolute Gasteiger partial charge is 0.398 e. The predicted molar refractivity (Wildman–Crippen MR) is 75.2 cm³/mol. The van der Waals surface area contributed by atoms with Crippen LogP contribution in [0, 0.1) is 0 Å². The first-order chi connectivity index (χ1) is 9.45. The lowest BCUT2D eigenvalue weighted by molar-refractivity contribution is -0.118. The third kappa shape index (κ3) is 3.27. The van der Waals surface area contributed by atoms with Gasteiger partial charge in [0, 0.05) is 11.8 Å². The van der Waals surface area contributed by atoms with Gasteiger partial charge in [0.15, 0.2) is 0 Å². The van der Waals surface area contributed by atoms with Gasteiger partial charge in [-0.3, -0.25) is 14.3 Å². The van der Waals surface area contributed by atoms with Crippen molar-refractivity contribution in [3.63, 3.8) is 0 Å². The average Bonchev–Trinajstić information content (AvgIpc) is 2.79. The number of aromatic nitrogens is 2. The second-order valence-electron chi connectivity index (χ2n) is 4.08. The molecule has 1 aromatic carbocycles. The minimum absolute atomic E-state index is 0.0518. The number of nitrogen functional groups attached to an aromatic ring is 1. The van der Waals surface area contributed by atoms with Gasteiger partial charge in [-0.2, -0.15) is 5.10 Å². The molecule has 5 N–H and O–H groups in total. The van der Waals surface area contributed by atoms with E-state index >= 15 is 0 Å². The molecule has 8 heteroatoms. The van der Waals surface area contributed by atoms with Gasteiger partial charge in [0.2, 0.25) is 5.91 Å². The number of nitrogens with two attached hydrogens (primary N) is 2. The number of anilines is 2. The van der Waals surface area contributed by atoms with Crippen molar-refractivity contribution in [2.24, 2.45) is 5.73 Å². The Morgan fingerprint density at radius 3 is 2.80 bits per heavy atom. The Morgan fingerprint density at radius 1 is 1.40 bits per heavy atom. The van der Waals surface area contributed by atoms with Crippen LogP contribution in [0.3, 0.4) is 0 Å². The average molecular weight is 294 g/mol. The van der Waals surface area contributed by atoms with E-state index in [0.29, 0.717) is 22.0 Å². The van der Waals surface area contributed by atoms with Crippen LogP contribution in [0.4, 0.5) is 11.4 Å². The molecule has 0 spiro atoms. The third-order valence-electron chi connectivity index (χ3n) is 2.47. The number of primary amides is 1. The summed E-state index contributed by atoms with van der Waals surface area (Å²) in [6, 6.07) is 4.58. The summed E-state index contributed by atoms with van der Waals surface area (Å²) in [7, 11) is 0. The number of amides is 2. The van der Waals surface area contributed by atoms with Crippen LogP contribution in [0.25, 0.3) is 0 Å². The molecule has 0 saturated heterocycles. The first-order valence-corrected chi connectivity index (χ1v) is 6.00. The maximum atomic E-state index is 12.0. The lowest BCUT2D eigenvalue weighted by Crippen LogP contribution is -2.18. The number of carbonyl (C=O) groups excluding carboxylic acids is 2. The predicted octanol–water partition coefficient (Wildman–Crippen LogP) is 0.856. The normalized spacial score (nSPS) is 10.2. The Bertz CT molecular complexity index is 668. The number of halogens is 1. The van der Waals surface area contributed by atoms with E-state index in [9.17, 15) is 9.59 Å².